The van der Waals surface area contributed by atoms with Crippen molar-refractivity contribution in [3.63, 3.8) is 0 Å². The van der Waals surface area contributed by atoms with E-state index in [1.54, 1.807) is 18.0 Å². The third-order valence-electron chi connectivity index (χ3n) is 3.03. The summed E-state index contributed by atoms with van der Waals surface area (Å²) in [5.74, 6) is 1.05. The summed E-state index contributed by atoms with van der Waals surface area (Å²) < 4.78 is 2.72. The molecule has 0 fully saturated rings. The highest BCUT2D eigenvalue weighted by atomic mass is 79.9. The first kappa shape index (κ1) is 15.6. The zero-order valence-corrected chi connectivity index (χ0v) is 14.1. The molecule has 1 aromatic carbocycles. The number of aliphatic hydroxyl groups is 1. The van der Waals surface area contributed by atoms with E-state index in [9.17, 15) is 5.11 Å². The SMILES string of the molecule is CCCn1ncc(Br)c1C(O)c1ccc(SCC)cc1. The van der Waals surface area contributed by atoms with Gasteiger partial charge < -0.3 is 5.11 Å². The highest BCUT2D eigenvalue weighted by Crippen LogP contribution is 2.30. The fraction of sp³-hybridized carbons (Fsp3) is 0.400. The van der Waals surface area contributed by atoms with Gasteiger partial charge in [0.25, 0.3) is 0 Å². The van der Waals surface area contributed by atoms with Crippen LogP contribution in [0.4, 0.5) is 0 Å². The van der Waals surface area contributed by atoms with Crippen LogP contribution in [0.15, 0.2) is 39.8 Å². The van der Waals surface area contributed by atoms with Gasteiger partial charge in [-0.05, 0) is 45.8 Å². The lowest BCUT2D eigenvalue weighted by Gasteiger charge is -2.14. The molecule has 0 aliphatic rings. The van der Waals surface area contributed by atoms with Crippen LogP contribution in [-0.2, 0) is 6.54 Å². The van der Waals surface area contributed by atoms with E-state index in [-0.39, 0.29) is 0 Å². The lowest BCUT2D eigenvalue weighted by Crippen LogP contribution is -2.10. The molecule has 0 spiro atoms. The van der Waals surface area contributed by atoms with E-state index >= 15 is 0 Å². The van der Waals surface area contributed by atoms with Gasteiger partial charge in [-0.1, -0.05) is 26.0 Å². The van der Waals surface area contributed by atoms with Gasteiger partial charge in [-0.3, -0.25) is 4.68 Å². The minimum atomic E-state index is -0.654. The van der Waals surface area contributed by atoms with Gasteiger partial charge in [0.2, 0.25) is 0 Å². The summed E-state index contributed by atoms with van der Waals surface area (Å²) in [7, 11) is 0. The monoisotopic (exact) mass is 354 g/mol. The molecule has 2 rings (SSSR count). The number of aryl methyl sites for hydroxylation is 1. The van der Waals surface area contributed by atoms with Crippen LogP contribution in [0.3, 0.4) is 0 Å². The van der Waals surface area contributed by atoms with Crippen molar-refractivity contribution in [3.05, 3.63) is 46.2 Å². The summed E-state index contributed by atoms with van der Waals surface area (Å²) in [6.45, 7) is 5.04. The van der Waals surface area contributed by atoms with Gasteiger partial charge in [-0.2, -0.15) is 5.10 Å². The highest BCUT2D eigenvalue weighted by Gasteiger charge is 2.19. The van der Waals surface area contributed by atoms with E-state index in [0.29, 0.717) is 0 Å². The topological polar surface area (TPSA) is 38.0 Å². The quantitative estimate of drug-likeness (QED) is 0.788. The number of aromatic nitrogens is 2. The Kier molecular flexibility index (Phi) is 5.69. The Balaban J connectivity index is 2.26. The molecule has 1 atom stereocenters. The lowest BCUT2D eigenvalue weighted by atomic mass is 10.1. The average molecular weight is 355 g/mol. The number of thioether (sulfide) groups is 1. The average Bonchev–Trinajstić information content (AvgIpc) is 2.81. The van der Waals surface area contributed by atoms with E-state index in [2.05, 4.69) is 47.0 Å². The Hall–Kier alpha value is -0.780. The zero-order chi connectivity index (χ0) is 14.5. The van der Waals surface area contributed by atoms with Gasteiger partial charge in [-0.15, -0.1) is 11.8 Å². The predicted octanol–water partition coefficient (Wildman–Crippen LogP) is 4.25. The largest absolute Gasteiger partial charge is 0.382 e. The number of rotatable bonds is 6. The Bertz CT molecular complexity index is 554. The molecule has 1 aromatic heterocycles. The maximum atomic E-state index is 10.6. The number of hydrogen-bond acceptors (Lipinski definition) is 3. The lowest BCUT2D eigenvalue weighted by molar-refractivity contribution is 0.206. The molecule has 0 aliphatic heterocycles. The Morgan fingerprint density at radius 3 is 2.60 bits per heavy atom. The molecular formula is C15H19BrN2OS. The third kappa shape index (κ3) is 3.45. The number of benzene rings is 1. The summed E-state index contributed by atoms with van der Waals surface area (Å²) in [6, 6.07) is 8.08. The molecule has 20 heavy (non-hydrogen) atoms. The highest BCUT2D eigenvalue weighted by molar-refractivity contribution is 9.10. The van der Waals surface area contributed by atoms with Crippen molar-refractivity contribution in [3.8, 4) is 0 Å². The summed E-state index contributed by atoms with van der Waals surface area (Å²) >= 11 is 5.28. The first-order valence-electron chi connectivity index (χ1n) is 6.79. The first-order chi connectivity index (χ1) is 9.67. The second-order valence-corrected chi connectivity index (χ2v) is 6.70. The number of aliphatic hydroxyl groups excluding tert-OH is 1. The summed E-state index contributed by atoms with van der Waals surface area (Å²) in [6.07, 6.45) is 2.08. The maximum Gasteiger partial charge on any atom is 0.122 e. The number of halogens is 1. The fourth-order valence-electron chi connectivity index (χ4n) is 2.10. The van der Waals surface area contributed by atoms with Crippen molar-refractivity contribution in [1.82, 2.24) is 9.78 Å². The molecule has 0 bridgehead atoms. The minimum Gasteiger partial charge on any atom is -0.382 e. The van der Waals surface area contributed by atoms with Crippen molar-refractivity contribution in [2.75, 3.05) is 5.75 Å². The second kappa shape index (κ2) is 7.29. The molecule has 1 heterocycles. The normalized spacial score (nSPS) is 12.6. The van der Waals surface area contributed by atoms with Crippen molar-refractivity contribution >= 4 is 27.7 Å². The van der Waals surface area contributed by atoms with Gasteiger partial charge in [0.1, 0.15) is 6.10 Å². The second-order valence-electron chi connectivity index (χ2n) is 4.51. The molecule has 0 amide bonds. The van der Waals surface area contributed by atoms with Gasteiger partial charge in [-0.25, -0.2) is 0 Å². The number of hydrogen-bond donors (Lipinski definition) is 1. The number of nitrogens with zero attached hydrogens (tertiary/aromatic N) is 2. The van der Waals surface area contributed by atoms with E-state index in [1.807, 2.05) is 16.8 Å². The standard InChI is InChI=1S/C15H19BrN2OS/c1-3-9-18-14(13(16)10-17-18)15(19)11-5-7-12(8-6-11)20-4-2/h5-8,10,15,19H,3-4,9H2,1-2H3. The predicted molar refractivity (Wildman–Crippen MR) is 87.1 cm³/mol. The summed E-state index contributed by atoms with van der Waals surface area (Å²) in [5.41, 5.74) is 1.71. The smallest absolute Gasteiger partial charge is 0.122 e. The molecule has 5 heteroatoms. The summed E-state index contributed by atoms with van der Waals surface area (Å²) in [5, 5.41) is 14.9. The van der Waals surface area contributed by atoms with Crippen LogP contribution in [-0.4, -0.2) is 20.6 Å². The maximum absolute atomic E-state index is 10.6. The van der Waals surface area contributed by atoms with Crippen molar-refractivity contribution in [1.29, 1.82) is 0 Å². The Morgan fingerprint density at radius 2 is 2.00 bits per heavy atom. The van der Waals surface area contributed by atoms with E-state index < -0.39 is 6.10 Å². The Morgan fingerprint density at radius 1 is 1.30 bits per heavy atom. The van der Waals surface area contributed by atoms with Gasteiger partial charge in [0.15, 0.2) is 0 Å². The molecule has 0 saturated carbocycles. The molecule has 3 nitrogen and oxygen atoms in total. The van der Waals surface area contributed by atoms with Crippen molar-refractivity contribution < 1.29 is 5.11 Å². The van der Waals surface area contributed by atoms with Gasteiger partial charge in [0, 0.05) is 11.4 Å². The van der Waals surface area contributed by atoms with Crippen LogP contribution in [0, 0.1) is 0 Å². The molecule has 0 radical (unpaired) electrons. The van der Waals surface area contributed by atoms with Crippen LogP contribution in [0.5, 0.6) is 0 Å². The molecule has 1 unspecified atom stereocenters. The van der Waals surface area contributed by atoms with Gasteiger partial charge >= 0.3 is 0 Å². The molecular weight excluding hydrogens is 336 g/mol. The minimum absolute atomic E-state index is 0.654. The van der Waals surface area contributed by atoms with Gasteiger partial charge in [0.05, 0.1) is 16.4 Å². The van der Waals surface area contributed by atoms with Crippen molar-refractivity contribution in [2.45, 2.75) is 37.8 Å². The van der Waals surface area contributed by atoms with Crippen LogP contribution < -0.4 is 0 Å². The zero-order valence-electron chi connectivity index (χ0n) is 11.7. The fourth-order valence-corrected chi connectivity index (χ4v) is 3.28. The molecule has 2 aromatic rings. The third-order valence-corrected chi connectivity index (χ3v) is 4.54. The van der Waals surface area contributed by atoms with Crippen LogP contribution in [0.2, 0.25) is 0 Å². The molecule has 0 aliphatic carbocycles. The molecule has 1 N–H and O–H groups in total. The van der Waals surface area contributed by atoms with Crippen LogP contribution >= 0.6 is 27.7 Å². The van der Waals surface area contributed by atoms with Crippen LogP contribution in [0.25, 0.3) is 0 Å². The molecule has 0 saturated heterocycles. The van der Waals surface area contributed by atoms with E-state index in [0.717, 1.165) is 34.4 Å². The first-order valence-corrected chi connectivity index (χ1v) is 8.57. The Labute approximate surface area is 132 Å². The van der Waals surface area contributed by atoms with E-state index in [4.69, 9.17) is 0 Å². The van der Waals surface area contributed by atoms with Crippen molar-refractivity contribution in [2.24, 2.45) is 0 Å². The summed E-state index contributed by atoms with van der Waals surface area (Å²) in [4.78, 5) is 1.23. The van der Waals surface area contributed by atoms with E-state index in [1.165, 1.54) is 4.90 Å². The van der Waals surface area contributed by atoms with Crippen LogP contribution in [0.1, 0.15) is 37.6 Å². The molecule has 108 valence electrons.